The van der Waals surface area contributed by atoms with Crippen LogP contribution in [0.25, 0.3) is 5.69 Å². The lowest BCUT2D eigenvalue weighted by Crippen LogP contribution is -2.32. The van der Waals surface area contributed by atoms with E-state index >= 15 is 0 Å². The van der Waals surface area contributed by atoms with Crippen LogP contribution in [0.15, 0.2) is 55.1 Å². The van der Waals surface area contributed by atoms with Gasteiger partial charge in [0.25, 0.3) is 0 Å². The number of aryl methyl sites for hydroxylation is 1. The van der Waals surface area contributed by atoms with Crippen molar-refractivity contribution in [3.8, 4) is 5.69 Å². The number of carbonyl (C=O) groups excluding carboxylic acids is 1. The van der Waals surface area contributed by atoms with Crippen molar-refractivity contribution in [1.29, 1.82) is 0 Å². The van der Waals surface area contributed by atoms with Gasteiger partial charge >= 0.3 is 0 Å². The van der Waals surface area contributed by atoms with E-state index in [0.717, 1.165) is 16.8 Å². The van der Waals surface area contributed by atoms with Crippen LogP contribution in [0.5, 0.6) is 0 Å². The minimum absolute atomic E-state index is 0.0801. The fourth-order valence-corrected chi connectivity index (χ4v) is 2.92. The monoisotopic (exact) mass is 383 g/mol. The molecule has 0 saturated heterocycles. The second-order valence-electron chi connectivity index (χ2n) is 6.53. The molecule has 0 spiro atoms. The summed E-state index contributed by atoms with van der Waals surface area (Å²) < 4.78 is 1.71. The molecular weight excluding hydrogens is 362 g/mol. The van der Waals surface area contributed by atoms with Gasteiger partial charge in [0, 0.05) is 16.8 Å². The lowest BCUT2D eigenvalue weighted by atomic mass is 10.1. The van der Waals surface area contributed by atoms with Crippen LogP contribution in [0.3, 0.4) is 0 Å². The van der Waals surface area contributed by atoms with E-state index in [1.807, 2.05) is 55.3 Å². The molecule has 1 unspecified atom stereocenters. The maximum absolute atomic E-state index is 12.3. The molecule has 7 heteroatoms. The number of aromatic nitrogens is 3. The molecule has 1 heterocycles. The molecule has 27 heavy (non-hydrogen) atoms. The fourth-order valence-electron chi connectivity index (χ4n) is 2.74. The Balaban J connectivity index is 1.60. The standard InChI is InChI=1S/C20H22ClN5O/c1-14-4-7-17(10-19(14)21)24-20(27)11-25(3)15(2)16-5-8-18(9-6-16)26-13-22-12-23-26/h4-10,12-13,15H,11H2,1-3H3,(H,24,27). The summed E-state index contributed by atoms with van der Waals surface area (Å²) in [4.78, 5) is 18.3. The quantitative estimate of drug-likeness (QED) is 0.702. The van der Waals surface area contributed by atoms with Crippen LogP contribution in [0.4, 0.5) is 5.69 Å². The third-order valence-corrected chi connectivity index (χ3v) is 4.98. The van der Waals surface area contributed by atoms with E-state index in [9.17, 15) is 4.79 Å². The van der Waals surface area contributed by atoms with Crippen molar-refractivity contribution in [2.45, 2.75) is 19.9 Å². The average Bonchev–Trinajstić information content (AvgIpc) is 3.19. The van der Waals surface area contributed by atoms with Gasteiger partial charge in [0.2, 0.25) is 5.91 Å². The second kappa shape index (κ2) is 8.33. The summed E-state index contributed by atoms with van der Waals surface area (Å²) in [7, 11) is 1.93. The first-order chi connectivity index (χ1) is 12.9. The summed E-state index contributed by atoms with van der Waals surface area (Å²) >= 11 is 6.11. The number of hydrogen-bond acceptors (Lipinski definition) is 4. The molecule has 1 aromatic heterocycles. The summed E-state index contributed by atoms with van der Waals surface area (Å²) in [5.74, 6) is -0.0801. The molecule has 0 bridgehead atoms. The average molecular weight is 384 g/mol. The molecule has 0 aliphatic heterocycles. The molecule has 3 aromatic rings. The van der Waals surface area contributed by atoms with E-state index < -0.39 is 0 Å². The zero-order chi connectivity index (χ0) is 19.4. The minimum atomic E-state index is -0.0801. The maximum atomic E-state index is 12.3. The molecular formula is C20H22ClN5O. The number of likely N-dealkylation sites (N-methyl/N-ethyl adjacent to an activating group) is 1. The number of benzene rings is 2. The molecule has 0 aliphatic rings. The van der Waals surface area contributed by atoms with Crippen LogP contribution < -0.4 is 5.32 Å². The van der Waals surface area contributed by atoms with Crippen molar-refractivity contribution in [3.05, 3.63) is 71.3 Å². The highest BCUT2D eigenvalue weighted by atomic mass is 35.5. The van der Waals surface area contributed by atoms with E-state index in [1.54, 1.807) is 17.1 Å². The van der Waals surface area contributed by atoms with Crippen LogP contribution in [0.1, 0.15) is 24.1 Å². The van der Waals surface area contributed by atoms with Gasteiger partial charge in [0.15, 0.2) is 0 Å². The Kier molecular flexibility index (Phi) is 5.88. The second-order valence-corrected chi connectivity index (χ2v) is 6.94. The van der Waals surface area contributed by atoms with Crippen molar-refractivity contribution in [1.82, 2.24) is 19.7 Å². The number of amides is 1. The number of halogens is 1. The summed E-state index contributed by atoms with van der Waals surface area (Å²) in [6.07, 6.45) is 3.16. The molecule has 0 saturated carbocycles. The van der Waals surface area contributed by atoms with Crippen LogP contribution in [-0.2, 0) is 4.79 Å². The van der Waals surface area contributed by atoms with E-state index in [0.29, 0.717) is 10.7 Å². The Morgan fingerprint density at radius 3 is 2.63 bits per heavy atom. The molecule has 0 fully saturated rings. The number of rotatable bonds is 6. The van der Waals surface area contributed by atoms with Crippen LogP contribution >= 0.6 is 11.6 Å². The van der Waals surface area contributed by atoms with Gasteiger partial charge in [-0.25, -0.2) is 9.67 Å². The molecule has 6 nitrogen and oxygen atoms in total. The number of carbonyl (C=O) groups is 1. The van der Waals surface area contributed by atoms with Gasteiger partial charge in [-0.15, -0.1) is 0 Å². The summed E-state index contributed by atoms with van der Waals surface area (Å²) in [6, 6.07) is 13.6. The molecule has 1 atom stereocenters. The number of hydrogen-bond donors (Lipinski definition) is 1. The van der Waals surface area contributed by atoms with Crippen molar-refractivity contribution in [3.63, 3.8) is 0 Å². The molecule has 3 rings (SSSR count). The lowest BCUT2D eigenvalue weighted by molar-refractivity contribution is -0.117. The SMILES string of the molecule is Cc1ccc(NC(=O)CN(C)C(C)c2ccc(-n3cncn3)cc2)cc1Cl. The lowest BCUT2D eigenvalue weighted by Gasteiger charge is -2.24. The van der Waals surface area contributed by atoms with Gasteiger partial charge in [0.1, 0.15) is 12.7 Å². The predicted molar refractivity (Wildman–Crippen MR) is 107 cm³/mol. The molecule has 1 amide bonds. The fraction of sp³-hybridized carbons (Fsp3) is 0.250. The number of nitrogens with one attached hydrogen (secondary N) is 1. The Labute approximate surface area is 163 Å². The Hall–Kier alpha value is -2.70. The summed E-state index contributed by atoms with van der Waals surface area (Å²) in [5.41, 5.74) is 3.75. The van der Waals surface area contributed by atoms with Crippen LogP contribution in [0, 0.1) is 6.92 Å². The zero-order valence-corrected chi connectivity index (χ0v) is 16.3. The van der Waals surface area contributed by atoms with Crippen LogP contribution in [-0.4, -0.2) is 39.2 Å². The predicted octanol–water partition coefficient (Wildman–Crippen LogP) is 3.86. The largest absolute Gasteiger partial charge is 0.325 e. The van der Waals surface area contributed by atoms with Crippen molar-refractivity contribution >= 4 is 23.2 Å². The van der Waals surface area contributed by atoms with Gasteiger partial charge in [0.05, 0.1) is 12.2 Å². The van der Waals surface area contributed by atoms with E-state index in [1.165, 1.54) is 6.33 Å². The third-order valence-electron chi connectivity index (χ3n) is 4.57. The summed E-state index contributed by atoms with van der Waals surface area (Å²) in [5, 5.41) is 7.65. The minimum Gasteiger partial charge on any atom is -0.325 e. The van der Waals surface area contributed by atoms with Crippen molar-refractivity contribution in [2.75, 3.05) is 18.9 Å². The first kappa shape index (κ1) is 19.1. The normalized spacial score (nSPS) is 12.2. The third kappa shape index (κ3) is 4.72. The topological polar surface area (TPSA) is 63.1 Å². The van der Waals surface area contributed by atoms with E-state index in [4.69, 9.17) is 11.6 Å². The molecule has 2 aromatic carbocycles. The Bertz CT molecular complexity index is 909. The smallest absolute Gasteiger partial charge is 0.238 e. The highest BCUT2D eigenvalue weighted by molar-refractivity contribution is 6.31. The Morgan fingerprint density at radius 2 is 2.00 bits per heavy atom. The number of nitrogens with zero attached hydrogens (tertiary/aromatic N) is 4. The highest BCUT2D eigenvalue weighted by Crippen LogP contribution is 2.22. The zero-order valence-electron chi connectivity index (χ0n) is 15.6. The Morgan fingerprint density at radius 1 is 1.26 bits per heavy atom. The van der Waals surface area contributed by atoms with E-state index in [-0.39, 0.29) is 18.5 Å². The van der Waals surface area contributed by atoms with Gasteiger partial charge in [-0.1, -0.05) is 29.8 Å². The molecule has 140 valence electrons. The highest BCUT2D eigenvalue weighted by Gasteiger charge is 2.15. The first-order valence-electron chi connectivity index (χ1n) is 8.65. The van der Waals surface area contributed by atoms with Crippen molar-refractivity contribution < 1.29 is 4.79 Å². The molecule has 0 aliphatic carbocycles. The van der Waals surface area contributed by atoms with Crippen LogP contribution in [0.2, 0.25) is 5.02 Å². The molecule has 1 N–H and O–H groups in total. The summed E-state index contributed by atoms with van der Waals surface area (Å²) in [6.45, 7) is 4.27. The van der Waals surface area contributed by atoms with E-state index in [2.05, 4.69) is 22.3 Å². The first-order valence-corrected chi connectivity index (χ1v) is 9.03. The number of anilines is 1. The maximum Gasteiger partial charge on any atom is 0.238 e. The van der Waals surface area contributed by atoms with Gasteiger partial charge in [-0.2, -0.15) is 5.10 Å². The van der Waals surface area contributed by atoms with Gasteiger partial charge in [-0.3, -0.25) is 9.69 Å². The molecule has 0 radical (unpaired) electrons. The van der Waals surface area contributed by atoms with Gasteiger partial charge in [-0.05, 0) is 56.3 Å². The van der Waals surface area contributed by atoms with Gasteiger partial charge < -0.3 is 5.32 Å². The van der Waals surface area contributed by atoms with Crippen molar-refractivity contribution in [2.24, 2.45) is 0 Å².